The highest BCUT2D eigenvalue weighted by molar-refractivity contribution is 7.13. The van der Waals surface area contributed by atoms with Crippen molar-refractivity contribution in [2.45, 2.75) is 44.6 Å². The number of aryl methyl sites for hydroxylation is 1. The monoisotopic (exact) mass is 439 g/mol. The molecule has 0 saturated carbocycles. The molecule has 0 unspecified atom stereocenters. The summed E-state index contributed by atoms with van der Waals surface area (Å²) in [6.07, 6.45) is 6.74. The van der Waals surface area contributed by atoms with Crippen LogP contribution in [0.1, 0.15) is 37.3 Å². The summed E-state index contributed by atoms with van der Waals surface area (Å²) in [4.78, 5) is 26.9. The second-order valence-corrected chi connectivity index (χ2v) is 8.94. The number of nitrogens with zero attached hydrogens (tertiary/aromatic N) is 5. The molecule has 0 aliphatic carbocycles. The number of likely N-dealkylation sites (tertiary alicyclic amines) is 1. The highest BCUT2D eigenvalue weighted by atomic mass is 32.1. The van der Waals surface area contributed by atoms with Gasteiger partial charge in [0, 0.05) is 63.9 Å². The van der Waals surface area contributed by atoms with Gasteiger partial charge < -0.3 is 14.3 Å². The Labute approximate surface area is 187 Å². The molecule has 0 spiro atoms. The van der Waals surface area contributed by atoms with Gasteiger partial charge in [0.2, 0.25) is 17.6 Å². The normalized spacial score (nSPS) is 15.3. The summed E-state index contributed by atoms with van der Waals surface area (Å²) in [5.74, 6) is 1.42. The fourth-order valence-corrected chi connectivity index (χ4v) is 4.63. The minimum Gasteiger partial charge on any atom is -0.343 e. The van der Waals surface area contributed by atoms with Crippen LogP contribution in [0.15, 0.2) is 46.4 Å². The molecule has 7 nitrogen and oxygen atoms in total. The van der Waals surface area contributed by atoms with E-state index >= 15 is 0 Å². The molecule has 0 N–H and O–H groups in total. The molecular formula is C23H29N5O2S. The van der Waals surface area contributed by atoms with Gasteiger partial charge in [-0.2, -0.15) is 4.98 Å². The van der Waals surface area contributed by atoms with Crippen molar-refractivity contribution in [3.05, 3.63) is 53.5 Å². The number of pyridine rings is 1. The third-order valence-electron chi connectivity index (χ3n) is 5.90. The number of hydrogen-bond donors (Lipinski definition) is 0. The van der Waals surface area contributed by atoms with E-state index < -0.39 is 0 Å². The molecule has 3 aromatic heterocycles. The third kappa shape index (κ3) is 5.98. The lowest BCUT2D eigenvalue weighted by Gasteiger charge is -2.36. The molecule has 3 aromatic rings. The van der Waals surface area contributed by atoms with Crippen LogP contribution in [0.5, 0.6) is 0 Å². The van der Waals surface area contributed by atoms with Crippen molar-refractivity contribution in [3.63, 3.8) is 0 Å². The van der Waals surface area contributed by atoms with E-state index in [0.29, 0.717) is 30.6 Å². The van der Waals surface area contributed by atoms with E-state index in [9.17, 15) is 4.79 Å². The van der Waals surface area contributed by atoms with E-state index in [1.165, 1.54) is 0 Å². The largest absolute Gasteiger partial charge is 0.343 e. The molecule has 1 aliphatic heterocycles. The Bertz CT molecular complexity index is 936. The molecule has 1 saturated heterocycles. The lowest BCUT2D eigenvalue weighted by molar-refractivity contribution is -0.132. The Kier molecular flexibility index (Phi) is 7.43. The molecule has 1 amide bonds. The SMILES string of the molecule is CN(C(=O)CCCc1nc(-c2cccs2)no1)C1CCN(CCc2ccccn2)CC1. The molecule has 4 rings (SSSR count). The van der Waals surface area contributed by atoms with Crippen molar-refractivity contribution in [1.29, 1.82) is 0 Å². The molecule has 0 radical (unpaired) electrons. The first kappa shape index (κ1) is 21.6. The molecule has 0 aromatic carbocycles. The average molecular weight is 440 g/mol. The number of carbonyl (C=O) groups is 1. The molecule has 1 aliphatic rings. The van der Waals surface area contributed by atoms with Crippen LogP contribution < -0.4 is 0 Å². The molecule has 0 atom stereocenters. The molecular weight excluding hydrogens is 410 g/mol. The summed E-state index contributed by atoms with van der Waals surface area (Å²) in [5, 5.41) is 6.02. The zero-order chi connectivity index (χ0) is 21.5. The van der Waals surface area contributed by atoms with Crippen LogP contribution in [0.25, 0.3) is 10.7 Å². The summed E-state index contributed by atoms with van der Waals surface area (Å²) in [6, 6.07) is 10.3. The first-order valence-electron chi connectivity index (χ1n) is 10.9. The van der Waals surface area contributed by atoms with Gasteiger partial charge >= 0.3 is 0 Å². The Balaban J connectivity index is 1.15. The Morgan fingerprint density at radius 2 is 2.10 bits per heavy atom. The van der Waals surface area contributed by atoms with Crippen LogP contribution >= 0.6 is 11.3 Å². The lowest BCUT2D eigenvalue weighted by Crippen LogP contribution is -2.46. The van der Waals surface area contributed by atoms with Crippen molar-refractivity contribution in [2.75, 3.05) is 26.7 Å². The van der Waals surface area contributed by atoms with Crippen molar-refractivity contribution in [1.82, 2.24) is 24.9 Å². The minimum absolute atomic E-state index is 0.199. The summed E-state index contributed by atoms with van der Waals surface area (Å²) >= 11 is 1.59. The fraction of sp³-hybridized carbons (Fsp3) is 0.478. The average Bonchev–Trinajstić information content (AvgIpc) is 3.50. The fourth-order valence-electron chi connectivity index (χ4n) is 3.98. The van der Waals surface area contributed by atoms with Crippen molar-refractivity contribution in [3.8, 4) is 10.7 Å². The van der Waals surface area contributed by atoms with Gasteiger partial charge in [-0.25, -0.2) is 0 Å². The minimum atomic E-state index is 0.199. The molecule has 4 heterocycles. The number of amides is 1. The van der Waals surface area contributed by atoms with Crippen LogP contribution in [-0.2, 0) is 17.6 Å². The van der Waals surface area contributed by atoms with Gasteiger partial charge in [-0.05, 0) is 42.8 Å². The third-order valence-corrected chi connectivity index (χ3v) is 6.77. The highest BCUT2D eigenvalue weighted by Gasteiger charge is 2.25. The number of aromatic nitrogens is 3. The summed E-state index contributed by atoms with van der Waals surface area (Å²) < 4.78 is 5.32. The van der Waals surface area contributed by atoms with E-state index in [4.69, 9.17) is 4.52 Å². The quantitative estimate of drug-likeness (QED) is 0.506. The molecule has 8 heteroatoms. The van der Waals surface area contributed by atoms with Crippen molar-refractivity contribution in [2.24, 2.45) is 0 Å². The maximum atomic E-state index is 12.7. The van der Waals surface area contributed by atoms with Crippen LogP contribution in [0.4, 0.5) is 0 Å². The zero-order valence-electron chi connectivity index (χ0n) is 17.9. The second-order valence-electron chi connectivity index (χ2n) is 7.99. The van der Waals surface area contributed by atoms with Gasteiger partial charge in [-0.15, -0.1) is 11.3 Å². The van der Waals surface area contributed by atoms with Crippen molar-refractivity contribution >= 4 is 17.2 Å². The van der Waals surface area contributed by atoms with Gasteiger partial charge in [0.1, 0.15) is 0 Å². The van der Waals surface area contributed by atoms with Crippen LogP contribution in [-0.4, -0.2) is 63.6 Å². The van der Waals surface area contributed by atoms with Gasteiger partial charge in [-0.3, -0.25) is 9.78 Å². The summed E-state index contributed by atoms with van der Waals surface area (Å²) in [6.45, 7) is 3.09. The molecule has 0 bridgehead atoms. The Hall–Kier alpha value is -2.58. The summed E-state index contributed by atoms with van der Waals surface area (Å²) in [5.41, 5.74) is 1.14. The van der Waals surface area contributed by atoms with Crippen molar-refractivity contribution < 1.29 is 9.32 Å². The van der Waals surface area contributed by atoms with Gasteiger partial charge in [0.05, 0.1) is 4.88 Å². The Morgan fingerprint density at radius 1 is 1.23 bits per heavy atom. The Morgan fingerprint density at radius 3 is 2.84 bits per heavy atom. The van der Waals surface area contributed by atoms with Gasteiger partial charge in [-0.1, -0.05) is 17.3 Å². The van der Waals surface area contributed by atoms with Gasteiger partial charge in [0.15, 0.2) is 0 Å². The van der Waals surface area contributed by atoms with E-state index in [1.807, 2.05) is 47.8 Å². The van der Waals surface area contributed by atoms with E-state index in [-0.39, 0.29) is 5.91 Å². The lowest BCUT2D eigenvalue weighted by atomic mass is 10.0. The first-order valence-corrected chi connectivity index (χ1v) is 11.8. The zero-order valence-corrected chi connectivity index (χ0v) is 18.8. The number of hydrogen-bond acceptors (Lipinski definition) is 7. The predicted molar refractivity (Wildman–Crippen MR) is 121 cm³/mol. The topological polar surface area (TPSA) is 75.4 Å². The second kappa shape index (κ2) is 10.6. The standard InChI is InChI=1S/C23H29N5O2S/c1-27(19-11-15-28(16-12-19)14-10-18-6-2-3-13-24-18)22(29)9-4-8-21-25-23(26-30-21)20-7-5-17-31-20/h2-3,5-7,13,17,19H,4,8-12,14-16H2,1H3. The summed E-state index contributed by atoms with van der Waals surface area (Å²) in [7, 11) is 1.94. The number of rotatable bonds is 9. The smallest absolute Gasteiger partial charge is 0.226 e. The van der Waals surface area contributed by atoms with Crippen LogP contribution in [0.2, 0.25) is 0 Å². The van der Waals surface area contributed by atoms with Crippen LogP contribution in [0, 0.1) is 0 Å². The van der Waals surface area contributed by atoms with E-state index in [0.717, 1.165) is 55.9 Å². The van der Waals surface area contributed by atoms with Gasteiger partial charge in [0.25, 0.3) is 0 Å². The van der Waals surface area contributed by atoms with E-state index in [1.54, 1.807) is 11.3 Å². The number of carbonyl (C=O) groups excluding carboxylic acids is 1. The molecule has 1 fully saturated rings. The number of thiophene rings is 1. The maximum Gasteiger partial charge on any atom is 0.226 e. The van der Waals surface area contributed by atoms with E-state index in [2.05, 4.69) is 26.1 Å². The molecule has 31 heavy (non-hydrogen) atoms. The molecule has 164 valence electrons. The highest BCUT2D eigenvalue weighted by Crippen LogP contribution is 2.22. The number of piperidine rings is 1. The van der Waals surface area contributed by atoms with Crippen LogP contribution in [0.3, 0.4) is 0 Å². The first-order chi connectivity index (χ1) is 15.2. The maximum absolute atomic E-state index is 12.7. The predicted octanol–water partition coefficient (Wildman–Crippen LogP) is 3.68.